The van der Waals surface area contributed by atoms with E-state index < -0.39 is 0 Å². The van der Waals surface area contributed by atoms with Gasteiger partial charge in [0.2, 0.25) is 0 Å². The SMILES string of the molecule is CC1(C)c2cc(N(c3ccc(-c4ccc(-c5ccccc5)cc4)cc3)c3cccc(-c4cccc5ccccc45)c3)ccc2-c2ccc(-n3c4ccccc4c4ccccc43)cc21. The van der Waals surface area contributed by atoms with Gasteiger partial charge in [-0.3, -0.25) is 0 Å². The lowest BCUT2D eigenvalue weighted by atomic mass is 9.82. The summed E-state index contributed by atoms with van der Waals surface area (Å²) in [6, 6.07) is 84.6. The average Bonchev–Trinajstić information content (AvgIpc) is 3.80. The minimum atomic E-state index is -0.234. The zero-order chi connectivity index (χ0) is 42.1. The van der Waals surface area contributed by atoms with Gasteiger partial charge >= 0.3 is 0 Å². The molecule has 1 aromatic heterocycles. The van der Waals surface area contributed by atoms with Crippen LogP contribution in [0.2, 0.25) is 0 Å². The van der Waals surface area contributed by atoms with Crippen molar-refractivity contribution in [1.82, 2.24) is 4.57 Å². The molecule has 1 aliphatic carbocycles. The van der Waals surface area contributed by atoms with Crippen LogP contribution in [0.1, 0.15) is 25.0 Å². The molecule has 0 unspecified atom stereocenters. The number of nitrogens with zero attached hydrogens (tertiary/aromatic N) is 2. The van der Waals surface area contributed by atoms with Gasteiger partial charge in [0, 0.05) is 38.9 Å². The molecule has 0 saturated carbocycles. The van der Waals surface area contributed by atoms with Gasteiger partial charge < -0.3 is 9.47 Å². The van der Waals surface area contributed by atoms with Gasteiger partial charge in [-0.2, -0.15) is 0 Å². The summed E-state index contributed by atoms with van der Waals surface area (Å²) in [7, 11) is 0. The molecule has 2 nitrogen and oxygen atoms in total. The molecular formula is C61H44N2. The molecule has 11 aromatic rings. The monoisotopic (exact) mass is 804 g/mol. The Kier molecular flexibility index (Phi) is 8.55. The van der Waals surface area contributed by atoms with Gasteiger partial charge in [0.05, 0.1) is 11.0 Å². The highest BCUT2D eigenvalue weighted by Crippen LogP contribution is 2.52. The van der Waals surface area contributed by atoms with E-state index in [9.17, 15) is 0 Å². The molecule has 12 rings (SSSR count). The molecule has 1 heterocycles. The maximum Gasteiger partial charge on any atom is 0.0541 e. The van der Waals surface area contributed by atoms with E-state index >= 15 is 0 Å². The molecule has 0 amide bonds. The summed E-state index contributed by atoms with van der Waals surface area (Å²) in [5, 5.41) is 5.05. The summed E-state index contributed by atoms with van der Waals surface area (Å²) in [5.41, 5.74) is 19.3. The third-order valence-electron chi connectivity index (χ3n) is 13.4. The number of benzene rings is 10. The average molecular weight is 805 g/mol. The van der Waals surface area contributed by atoms with Crippen LogP contribution in [0.15, 0.2) is 231 Å². The lowest BCUT2D eigenvalue weighted by Gasteiger charge is -2.29. The molecule has 0 atom stereocenters. The van der Waals surface area contributed by atoms with Crippen LogP contribution < -0.4 is 4.90 Å². The van der Waals surface area contributed by atoms with E-state index in [0.29, 0.717) is 0 Å². The molecule has 2 heteroatoms. The Labute approximate surface area is 368 Å². The number of hydrogen-bond acceptors (Lipinski definition) is 1. The van der Waals surface area contributed by atoms with E-state index in [1.165, 1.54) is 93.9 Å². The normalized spacial score (nSPS) is 12.7. The molecule has 1 aliphatic rings. The van der Waals surface area contributed by atoms with Gasteiger partial charge in [-0.15, -0.1) is 0 Å². The number of aromatic nitrogens is 1. The highest BCUT2D eigenvalue weighted by molar-refractivity contribution is 6.09. The molecular weight excluding hydrogens is 761 g/mol. The number of para-hydroxylation sites is 2. The van der Waals surface area contributed by atoms with Crippen LogP contribution in [-0.4, -0.2) is 4.57 Å². The molecule has 0 fully saturated rings. The second kappa shape index (κ2) is 14.6. The summed E-state index contributed by atoms with van der Waals surface area (Å²) in [5.74, 6) is 0. The predicted molar refractivity (Wildman–Crippen MR) is 267 cm³/mol. The van der Waals surface area contributed by atoms with Gasteiger partial charge in [0.15, 0.2) is 0 Å². The van der Waals surface area contributed by atoms with Crippen molar-refractivity contribution in [2.45, 2.75) is 19.3 Å². The van der Waals surface area contributed by atoms with Crippen molar-refractivity contribution in [1.29, 1.82) is 0 Å². The Bertz CT molecular complexity index is 3460. The zero-order valence-corrected chi connectivity index (χ0v) is 35.3. The number of rotatable bonds is 7. The Balaban J connectivity index is 0.963. The van der Waals surface area contributed by atoms with Crippen molar-refractivity contribution in [3.8, 4) is 50.2 Å². The quantitative estimate of drug-likeness (QED) is 0.156. The van der Waals surface area contributed by atoms with Crippen LogP contribution in [0, 0.1) is 0 Å². The van der Waals surface area contributed by atoms with E-state index in [-0.39, 0.29) is 5.41 Å². The molecule has 0 N–H and O–H groups in total. The molecule has 298 valence electrons. The third kappa shape index (κ3) is 6.09. The fourth-order valence-corrected chi connectivity index (χ4v) is 10.2. The van der Waals surface area contributed by atoms with Crippen LogP contribution >= 0.6 is 0 Å². The molecule has 0 spiro atoms. The van der Waals surface area contributed by atoms with Gasteiger partial charge in [0.1, 0.15) is 0 Å². The minimum Gasteiger partial charge on any atom is -0.310 e. The van der Waals surface area contributed by atoms with Gasteiger partial charge in [0.25, 0.3) is 0 Å². The van der Waals surface area contributed by atoms with E-state index in [1.54, 1.807) is 0 Å². The van der Waals surface area contributed by atoms with E-state index in [4.69, 9.17) is 0 Å². The van der Waals surface area contributed by atoms with E-state index in [2.05, 4.69) is 254 Å². The van der Waals surface area contributed by atoms with Crippen molar-refractivity contribution < 1.29 is 0 Å². The Morgan fingerprint density at radius 2 is 0.825 bits per heavy atom. The Morgan fingerprint density at radius 3 is 1.52 bits per heavy atom. The highest BCUT2D eigenvalue weighted by Gasteiger charge is 2.36. The predicted octanol–water partition coefficient (Wildman–Crippen LogP) is 16.7. The summed E-state index contributed by atoms with van der Waals surface area (Å²) in [6.07, 6.45) is 0. The Morgan fingerprint density at radius 1 is 0.333 bits per heavy atom. The topological polar surface area (TPSA) is 8.17 Å². The Hall–Kier alpha value is -7.94. The van der Waals surface area contributed by atoms with Crippen molar-refractivity contribution in [3.63, 3.8) is 0 Å². The van der Waals surface area contributed by atoms with Gasteiger partial charge in [-0.25, -0.2) is 0 Å². The lowest BCUT2D eigenvalue weighted by Crippen LogP contribution is -2.17. The first-order valence-electron chi connectivity index (χ1n) is 21.9. The molecule has 0 bridgehead atoms. The van der Waals surface area contributed by atoms with Crippen molar-refractivity contribution in [2.75, 3.05) is 4.90 Å². The summed E-state index contributed by atoms with van der Waals surface area (Å²) in [6.45, 7) is 4.78. The van der Waals surface area contributed by atoms with E-state index in [0.717, 1.165) is 17.1 Å². The zero-order valence-electron chi connectivity index (χ0n) is 35.3. The van der Waals surface area contributed by atoms with Crippen molar-refractivity contribution in [2.24, 2.45) is 0 Å². The van der Waals surface area contributed by atoms with Crippen LogP contribution in [0.25, 0.3) is 82.8 Å². The molecule has 0 radical (unpaired) electrons. The molecule has 0 aliphatic heterocycles. The standard InChI is InChI=1S/C61H44N2/c1-61(2)57-39-49(34-36-53(57)54-37-35-50(40-58(54)61)63-59-24-10-8-21-55(59)56-22-9-11-25-60(56)63)62(48-19-12-18-46(38-48)52-23-13-17-45-16-6-7-20-51(45)52)47-32-30-44(31-33-47)43-28-26-42(27-29-43)41-14-4-3-5-15-41/h3-40H,1-2H3. The number of fused-ring (bicyclic) bond motifs is 7. The number of anilines is 3. The van der Waals surface area contributed by atoms with Crippen LogP contribution in [0.3, 0.4) is 0 Å². The summed E-state index contributed by atoms with van der Waals surface area (Å²) >= 11 is 0. The maximum atomic E-state index is 2.44. The fourth-order valence-electron chi connectivity index (χ4n) is 10.2. The fraction of sp³-hybridized carbons (Fsp3) is 0.0492. The third-order valence-corrected chi connectivity index (χ3v) is 13.4. The van der Waals surface area contributed by atoms with Crippen molar-refractivity contribution >= 4 is 49.6 Å². The smallest absolute Gasteiger partial charge is 0.0541 e. The first kappa shape index (κ1) is 36.9. The summed E-state index contributed by atoms with van der Waals surface area (Å²) in [4.78, 5) is 2.43. The van der Waals surface area contributed by atoms with Gasteiger partial charge in [-0.05, 0) is 127 Å². The first-order valence-corrected chi connectivity index (χ1v) is 21.9. The maximum absolute atomic E-state index is 2.44. The van der Waals surface area contributed by atoms with E-state index in [1.807, 2.05) is 0 Å². The largest absolute Gasteiger partial charge is 0.310 e. The lowest BCUT2D eigenvalue weighted by molar-refractivity contribution is 0.660. The second-order valence-corrected chi connectivity index (χ2v) is 17.4. The molecule has 63 heavy (non-hydrogen) atoms. The highest BCUT2D eigenvalue weighted by atomic mass is 15.1. The molecule has 0 saturated heterocycles. The number of hydrogen-bond donors (Lipinski definition) is 0. The van der Waals surface area contributed by atoms with Gasteiger partial charge in [-0.1, -0.05) is 184 Å². The van der Waals surface area contributed by atoms with Crippen LogP contribution in [0.4, 0.5) is 17.1 Å². The first-order chi connectivity index (χ1) is 31.0. The summed E-state index contributed by atoms with van der Waals surface area (Å²) < 4.78 is 2.43. The molecule has 10 aromatic carbocycles. The second-order valence-electron chi connectivity index (χ2n) is 17.4. The van der Waals surface area contributed by atoms with Crippen molar-refractivity contribution in [3.05, 3.63) is 242 Å². The van der Waals surface area contributed by atoms with Crippen LogP contribution in [-0.2, 0) is 5.41 Å². The van der Waals surface area contributed by atoms with Crippen LogP contribution in [0.5, 0.6) is 0 Å². The minimum absolute atomic E-state index is 0.234.